The Morgan fingerprint density at radius 2 is 2.10 bits per heavy atom. The number of halogens is 4. The second-order valence-corrected chi connectivity index (χ2v) is 5.84. The third-order valence-corrected chi connectivity index (χ3v) is 3.93. The highest BCUT2D eigenvalue weighted by Gasteiger charge is 2.30. The van der Waals surface area contributed by atoms with Gasteiger partial charge in [-0.3, -0.25) is 4.68 Å². The number of nitrogens with zero attached hydrogens (tertiary/aromatic N) is 2. The first kappa shape index (κ1) is 15.2. The molecule has 8 heteroatoms. The van der Waals surface area contributed by atoms with Crippen molar-refractivity contribution >= 4 is 27.7 Å². The molecule has 1 heterocycles. The molecule has 2 rings (SSSR count). The van der Waals surface area contributed by atoms with Crippen LogP contribution >= 0.6 is 27.7 Å². The van der Waals surface area contributed by atoms with Gasteiger partial charge in [-0.2, -0.15) is 13.2 Å². The molecule has 1 aromatic carbocycles. The van der Waals surface area contributed by atoms with E-state index in [-0.39, 0.29) is 23.3 Å². The van der Waals surface area contributed by atoms with Gasteiger partial charge < -0.3 is 4.74 Å². The Morgan fingerprint density at radius 1 is 1.35 bits per heavy atom. The summed E-state index contributed by atoms with van der Waals surface area (Å²) in [5.41, 5.74) is -3.89. The maximum absolute atomic E-state index is 12.5. The van der Waals surface area contributed by atoms with E-state index >= 15 is 0 Å². The van der Waals surface area contributed by atoms with Gasteiger partial charge in [0.15, 0.2) is 0 Å². The summed E-state index contributed by atoms with van der Waals surface area (Å²) in [4.78, 5) is 0.114. The van der Waals surface area contributed by atoms with E-state index in [1.165, 1.54) is 6.07 Å². The van der Waals surface area contributed by atoms with E-state index in [9.17, 15) is 13.2 Å². The molecule has 0 amide bonds. The van der Waals surface area contributed by atoms with Crippen molar-refractivity contribution in [2.24, 2.45) is 7.05 Å². The van der Waals surface area contributed by atoms with E-state index in [0.29, 0.717) is 15.9 Å². The number of aromatic nitrogens is 2. The fourth-order valence-corrected chi connectivity index (χ4v) is 2.82. The van der Waals surface area contributed by atoms with Gasteiger partial charge in [-0.15, -0.1) is 5.10 Å². The Labute approximate surface area is 126 Å². The molecule has 1 aromatic heterocycles. The molecule has 20 heavy (non-hydrogen) atoms. The molecule has 2 aromatic rings. The summed E-state index contributed by atoms with van der Waals surface area (Å²) in [5.74, 6) is 0.367. The molecule has 0 aliphatic carbocycles. The number of alkyl halides is 3. The number of thioether (sulfide) groups is 1. The van der Waals surface area contributed by atoms with E-state index in [1.54, 1.807) is 36.1 Å². The molecule has 0 unspecified atom stereocenters. The van der Waals surface area contributed by atoms with Gasteiger partial charge in [0, 0.05) is 34.2 Å². The molecule has 3 nitrogen and oxygen atoms in total. The molecule has 0 radical (unpaired) electrons. The van der Waals surface area contributed by atoms with Crippen molar-refractivity contribution in [3.63, 3.8) is 0 Å². The maximum Gasteiger partial charge on any atom is 0.446 e. The lowest BCUT2D eigenvalue weighted by Gasteiger charge is -2.12. The number of ether oxygens (including phenoxy) is 1. The second-order valence-electron chi connectivity index (χ2n) is 3.88. The zero-order chi connectivity index (χ0) is 14.8. The zero-order valence-electron chi connectivity index (χ0n) is 10.3. The van der Waals surface area contributed by atoms with Gasteiger partial charge in [-0.1, -0.05) is 22.0 Å². The van der Waals surface area contributed by atoms with Crippen LogP contribution < -0.4 is 4.74 Å². The van der Waals surface area contributed by atoms with Crippen molar-refractivity contribution in [2.75, 3.05) is 0 Å². The number of hydrogen-bond acceptors (Lipinski definition) is 3. The Balaban J connectivity index is 2.17. The first-order valence-corrected chi connectivity index (χ1v) is 7.12. The van der Waals surface area contributed by atoms with Gasteiger partial charge in [0.1, 0.15) is 6.61 Å². The molecule has 0 saturated carbocycles. The van der Waals surface area contributed by atoms with Crippen molar-refractivity contribution in [3.05, 3.63) is 40.5 Å². The number of rotatable bonds is 4. The molecule has 108 valence electrons. The first-order chi connectivity index (χ1) is 9.35. The fourth-order valence-electron chi connectivity index (χ4n) is 1.52. The van der Waals surface area contributed by atoms with Gasteiger partial charge in [0.25, 0.3) is 0 Å². The maximum atomic E-state index is 12.5. The van der Waals surface area contributed by atoms with E-state index in [4.69, 9.17) is 4.74 Å². The third kappa shape index (κ3) is 4.17. The lowest BCUT2D eigenvalue weighted by molar-refractivity contribution is -0.0328. The highest BCUT2D eigenvalue weighted by molar-refractivity contribution is 9.10. The molecule has 0 aliphatic rings. The SMILES string of the molecule is Cn1ccc(OCc2c(Br)cccc2SC(F)(F)F)n1. The summed E-state index contributed by atoms with van der Waals surface area (Å²) in [6, 6.07) is 6.30. The molecule has 0 spiro atoms. The van der Waals surface area contributed by atoms with Gasteiger partial charge in [-0.05, 0) is 23.9 Å². The number of aryl methyl sites for hydroxylation is 1. The molecule has 0 saturated heterocycles. The predicted molar refractivity (Wildman–Crippen MR) is 73.6 cm³/mol. The number of benzene rings is 1. The van der Waals surface area contributed by atoms with Crippen LogP contribution in [-0.4, -0.2) is 15.3 Å². The molecular formula is C12H10BrF3N2OS. The Morgan fingerprint density at radius 3 is 2.70 bits per heavy atom. The van der Waals surface area contributed by atoms with Crippen LogP contribution in [0.5, 0.6) is 5.88 Å². The summed E-state index contributed by atoms with van der Waals surface area (Å²) < 4.78 is 45.1. The van der Waals surface area contributed by atoms with Crippen LogP contribution in [0.2, 0.25) is 0 Å². The monoisotopic (exact) mass is 366 g/mol. The van der Waals surface area contributed by atoms with Crippen LogP contribution in [0.15, 0.2) is 39.8 Å². The van der Waals surface area contributed by atoms with E-state index in [1.807, 2.05) is 0 Å². The van der Waals surface area contributed by atoms with E-state index < -0.39 is 5.51 Å². The Kier molecular flexibility index (Phi) is 4.64. The van der Waals surface area contributed by atoms with Crippen LogP contribution in [0.25, 0.3) is 0 Å². The smallest absolute Gasteiger partial charge is 0.446 e. The van der Waals surface area contributed by atoms with E-state index in [0.717, 1.165) is 0 Å². The van der Waals surface area contributed by atoms with Crippen molar-refractivity contribution < 1.29 is 17.9 Å². The molecular weight excluding hydrogens is 357 g/mol. The van der Waals surface area contributed by atoms with Crippen LogP contribution in [-0.2, 0) is 13.7 Å². The van der Waals surface area contributed by atoms with Crippen LogP contribution in [0, 0.1) is 0 Å². The summed E-state index contributed by atoms with van der Waals surface area (Å²) >= 11 is 3.09. The van der Waals surface area contributed by atoms with Crippen LogP contribution in [0.1, 0.15) is 5.56 Å². The quantitative estimate of drug-likeness (QED) is 0.751. The average Bonchev–Trinajstić information content (AvgIpc) is 2.72. The summed E-state index contributed by atoms with van der Waals surface area (Å²) in [5, 5.41) is 4.01. The van der Waals surface area contributed by atoms with E-state index in [2.05, 4.69) is 21.0 Å². The third-order valence-electron chi connectivity index (χ3n) is 2.36. The summed E-state index contributed by atoms with van der Waals surface area (Å²) in [7, 11) is 1.73. The normalized spacial score (nSPS) is 11.7. The van der Waals surface area contributed by atoms with Gasteiger partial charge in [0.2, 0.25) is 5.88 Å². The van der Waals surface area contributed by atoms with Crippen molar-refractivity contribution in [2.45, 2.75) is 17.0 Å². The van der Waals surface area contributed by atoms with Crippen molar-refractivity contribution in [1.82, 2.24) is 9.78 Å². The summed E-state index contributed by atoms with van der Waals surface area (Å²) in [6.07, 6.45) is 1.70. The average molecular weight is 367 g/mol. The summed E-state index contributed by atoms with van der Waals surface area (Å²) in [6.45, 7) is 0.0108. The molecule has 0 fully saturated rings. The lowest BCUT2D eigenvalue weighted by Crippen LogP contribution is -2.04. The minimum absolute atomic E-state index is 0.0108. The standard InChI is InChI=1S/C12H10BrF3N2OS/c1-18-6-5-11(17-18)19-7-8-9(13)3-2-4-10(8)20-12(14,15)16/h2-6H,7H2,1H3. The fraction of sp³-hybridized carbons (Fsp3) is 0.250. The first-order valence-electron chi connectivity index (χ1n) is 5.51. The van der Waals surface area contributed by atoms with Gasteiger partial charge in [-0.25, -0.2) is 0 Å². The van der Waals surface area contributed by atoms with Crippen LogP contribution in [0.4, 0.5) is 13.2 Å². The van der Waals surface area contributed by atoms with Crippen molar-refractivity contribution in [3.8, 4) is 5.88 Å². The lowest BCUT2D eigenvalue weighted by atomic mass is 10.2. The second kappa shape index (κ2) is 6.09. The minimum atomic E-state index is -4.33. The molecule has 0 aliphatic heterocycles. The minimum Gasteiger partial charge on any atom is -0.472 e. The van der Waals surface area contributed by atoms with Gasteiger partial charge >= 0.3 is 5.51 Å². The zero-order valence-corrected chi connectivity index (χ0v) is 12.7. The highest BCUT2D eigenvalue weighted by atomic mass is 79.9. The van der Waals surface area contributed by atoms with Crippen molar-refractivity contribution in [1.29, 1.82) is 0 Å². The molecule has 0 bridgehead atoms. The Hall–Kier alpha value is -1.15. The van der Waals surface area contributed by atoms with Crippen LogP contribution in [0.3, 0.4) is 0 Å². The molecule has 0 N–H and O–H groups in total. The predicted octanol–water partition coefficient (Wildman–Crippen LogP) is 4.37. The van der Waals surface area contributed by atoms with Gasteiger partial charge in [0.05, 0.1) is 0 Å². The largest absolute Gasteiger partial charge is 0.472 e. The molecule has 0 atom stereocenters. The highest BCUT2D eigenvalue weighted by Crippen LogP contribution is 2.40. The topological polar surface area (TPSA) is 27.1 Å². The number of hydrogen-bond donors (Lipinski definition) is 0. The Bertz CT molecular complexity index is 601.